The fourth-order valence-electron chi connectivity index (χ4n) is 1.59. The van der Waals surface area contributed by atoms with Gasteiger partial charge in [-0.15, -0.1) is 4.49 Å². The Morgan fingerprint density at radius 3 is 2.71 bits per heavy atom. The summed E-state index contributed by atoms with van der Waals surface area (Å²) >= 11 is 0. The molecule has 1 aliphatic rings. The summed E-state index contributed by atoms with van der Waals surface area (Å²) in [7, 11) is -8.48. The van der Waals surface area contributed by atoms with Gasteiger partial charge in [0.25, 0.3) is 0 Å². The van der Waals surface area contributed by atoms with Crippen molar-refractivity contribution < 1.29 is 22.3 Å². The zero-order valence-corrected chi connectivity index (χ0v) is 10.6. The second kappa shape index (κ2) is 5.01. The predicted octanol–water partition coefficient (Wildman–Crippen LogP) is -1.86. The maximum Gasteiger partial charge on any atom is 0.340 e. The van der Waals surface area contributed by atoms with Gasteiger partial charge in [0.1, 0.15) is 0 Å². The zero-order chi connectivity index (χ0) is 13.3. The smallest absolute Gasteiger partial charge is 0.340 e. The van der Waals surface area contributed by atoms with E-state index in [1.54, 1.807) is 0 Å². The van der Waals surface area contributed by atoms with Crippen molar-refractivity contribution in [2.24, 2.45) is 11.2 Å². The van der Waals surface area contributed by atoms with E-state index in [0.29, 0.717) is 6.42 Å². The summed E-state index contributed by atoms with van der Waals surface area (Å²) in [6, 6.07) is -1.13. The Labute approximate surface area is 98.7 Å². The Hall–Kier alpha value is -0.510. The van der Waals surface area contributed by atoms with Crippen molar-refractivity contribution in [1.82, 2.24) is 9.81 Å². The Bertz CT molecular complexity index is 451. The second-order valence-corrected chi connectivity index (χ2v) is 7.56. The van der Waals surface area contributed by atoms with Crippen LogP contribution in [-0.4, -0.2) is 37.1 Å². The molecule has 11 heteroatoms. The van der Waals surface area contributed by atoms with Gasteiger partial charge < -0.3 is 11.1 Å². The largest absolute Gasteiger partial charge is 0.351 e. The van der Waals surface area contributed by atoms with Crippen LogP contribution in [0.5, 0.6) is 0 Å². The number of nitrogens with one attached hydrogen (secondary N) is 2. The van der Waals surface area contributed by atoms with E-state index in [1.807, 2.05) is 0 Å². The average Bonchev–Trinajstić information content (AvgIpc) is 2.06. The van der Waals surface area contributed by atoms with Crippen LogP contribution in [0.1, 0.15) is 12.8 Å². The van der Waals surface area contributed by atoms with E-state index in [-0.39, 0.29) is 18.5 Å². The summed E-state index contributed by atoms with van der Waals surface area (Å²) in [6.45, 7) is 0. The Morgan fingerprint density at radius 1 is 1.59 bits per heavy atom. The molecular formula is C6H15N4O5PS. The molecular weight excluding hydrogens is 271 g/mol. The van der Waals surface area contributed by atoms with Crippen molar-refractivity contribution in [3.05, 3.63) is 0 Å². The number of hydrogen-bond donors (Lipinski definition) is 5. The van der Waals surface area contributed by atoms with Crippen molar-refractivity contribution in [1.29, 1.82) is 0 Å². The first-order valence-corrected chi connectivity index (χ1v) is 8.18. The topological polar surface area (TPSA) is 165 Å². The van der Waals surface area contributed by atoms with E-state index in [1.165, 1.54) is 4.49 Å². The number of hydrogen-bond acceptors (Lipinski definition) is 5. The third-order valence-electron chi connectivity index (χ3n) is 2.31. The number of nitrogens with two attached hydrogens (primary N) is 2. The Kier molecular flexibility index (Phi) is 4.28. The normalized spacial score (nSPS) is 29.5. The van der Waals surface area contributed by atoms with Gasteiger partial charge in [-0.3, -0.25) is 19.4 Å². The van der Waals surface area contributed by atoms with Gasteiger partial charge in [0, 0.05) is 18.6 Å². The molecule has 7 N–H and O–H groups in total. The molecule has 0 radical (unpaired) electrons. The predicted molar refractivity (Wildman–Crippen MR) is 60.5 cm³/mol. The number of carbonyl (C=O) groups is 1. The molecule has 17 heavy (non-hydrogen) atoms. The average molecular weight is 286 g/mol. The summed E-state index contributed by atoms with van der Waals surface area (Å²) in [5, 5.41) is 2.48. The molecule has 0 aromatic heterocycles. The van der Waals surface area contributed by atoms with E-state index in [4.69, 9.17) is 15.8 Å². The van der Waals surface area contributed by atoms with E-state index in [2.05, 4.69) is 5.32 Å². The van der Waals surface area contributed by atoms with Crippen LogP contribution in [0.15, 0.2) is 0 Å². The van der Waals surface area contributed by atoms with Crippen molar-refractivity contribution in [3.8, 4) is 0 Å². The summed E-state index contributed by atoms with van der Waals surface area (Å²) < 4.78 is 42.6. The van der Waals surface area contributed by atoms with E-state index in [9.17, 15) is 17.8 Å². The van der Waals surface area contributed by atoms with Crippen LogP contribution < -0.4 is 21.0 Å². The van der Waals surface area contributed by atoms with Gasteiger partial charge in [0.15, 0.2) is 0 Å². The monoisotopic (exact) mass is 286 g/mol. The van der Waals surface area contributed by atoms with Crippen LogP contribution in [-0.2, 0) is 19.7 Å². The van der Waals surface area contributed by atoms with Gasteiger partial charge in [-0.25, -0.2) is 0 Å². The molecule has 0 spiro atoms. The fraction of sp³-hybridized carbons (Fsp3) is 0.833. The summed E-state index contributed by atoms with van der Waals surface area (Å²) in [5.41, 5.74) is 10.9. The SMILES string of the molecule is N[C@@H]1CCC(=O)N[C@@H]1CP(N)(=O)NS(=O)(=O)O. The maximum absolute atomic E-state index is 11.7. The second-order valence-electron chi connectivity index (χ2n) is 3.92. The number of carbonyl (C=O) groups excluding carboxylic acids is 1. The van der Waals surface area contributed by atoms with Gasteiger partial charge in [-0.05, 0) is 6.42 Å². The van der Waals surface area contributed by atoms with Crippen LogP contribution in [0.4, 0.5) is 0 Å². The Morgan fingerprint density at radius 2 is 2.18 bits per heavy atom. The number of piperidine rings is 1. The highest BCUT2D eigenvalue weighted by Gasteiger charge is 2.33. The zero-order valence-electron chi connectivity index (χ0n) is 8.87. The van der Waals surface area contributed by atoms with Crippen LogP contribution >= 0.6 is 7.44 Å². The van der Waals surface area contributed by atoms with Gasteiger partial charge >= 0.3 is 10.3 Å². The molecule has 0 saturated carbocycles. The minimum atomic E-state index is -4.66. The maximum atomic E-state index is 11.7. The van der Waals surface area contributed by atoms with Crippen molar-refractivity contribution in [2.45, 2.75) is 24.9 Å². The highest BCUT2D eigenvalue weighted by Crippen LogP contribution is 2.33. The lowest BCUT2D eigenvalue weighted by Crippen LogP contribution is -2.54. The molecule has 100 valence electrons. The number of amides is 1. The lowest BCUT2D eigenvalue weighted by Gasteiger charge is -2.30. The summed E-state index contributed by atoms with van der Waals surface area (Å²) in [5.74, 6) is -0.261. The molecule has 1 unspecified atom stereocenters. The lowest BCUT2D eigenvalue weighted by molar-refractivity contribution is -0.123. The molecule has 0 aromatic carbocycles. The highest BCUT2D eigenvalue weighted by molar-refractivity contribution is 7.91. The van der Waals surface area contributed by atoms with Crippen LogP contribution in [0.3, 0.4) is 0 Å². The molecule has 1 amide bonds. The minimum absolute atomic E-state index is 0.261. The van der Waals surface area contributed by atoms with Crippen molar-refractivity contribution in [2.75, 3.05) is 6.16 Å². The first-order valence-electron chi connectivity index (χ1n) is 4.78. The third-order valence-corrected chi connectivity index (χ3v) is 5.40. The van der Waals surface area contributed by atoms with Crippen molar-refractivity contribution >= 4 is 23.7 Å². The highest BCUT2D eigenvalue weighted by atomic mass is 32.2. The molecule has 1 aliphatic heterocycles. The first kappa shape index (κ1) is 14.6. The number of rotatable bonds is 4. The van der Waals surface area contributed by atoms with Gasteiger partial charge in [0.05, 0.1) is 6.04 Å². The third kappa shape index (κ3) is 5.11. The molecule has 1 heterocycles. The van der Waals surface area contributed by atoms with Crippen molar-refractivity contribution in [3.63, 3.8) is 0 Å². The molecule has 0 bridgehead atoms. The van der Waals surface area contributed by atoms with E-state index >= 15 is 0 Å². The quantitative estimate of drug-likeness (QED) is 0.298. The molecule has 0 aliphatic carbocycles. The lowest BCUT2D eigenvalue weighted by atomic mass is 10.0. The Balaban J connectivity index is 2.69. The van der Waals surface area contributed by atoms with Crippen LogP contribution in [0.2, 0.25) is 0 Å². The van der Waals surface area contributed by atoms with E-state index in [0.717, 1.165) is 0 Å². The standard InChI is InChI=1S/C6H15N4O5PS/c7-4-1-2-6(11)9-5(4)3-16(8,12)10-17(13,14)15/h4-5H,1-3,7H2,(H,9,11)(H3,8,10,12)(H,13,14,15)/t4-,5-,16?/m1/s1. The molecule has 1 fully saturated rings. The van der Waals surface area contributed by atoms with Gasteiger partial charge in [-0.2, -0.15) is 8.42 Å². The fourth-order valence-corrected chi connectivity index (χ4v) is 4.40. The molecule has 3 atom stereocenters. The summed E-state index contributed by atoms with van der Waals surface area (Å²) in [4.78, 5) is 11.1. The summed E-state index contributed by atoms with van der Waals surface area (Å²) in [6.07, 6.45) is 0.320. The van der Waals surface area contributed by atoms with Gasteiger partial charge in [-0.1, -0.05) is 0 Å². The molecule has 1 rings (SSSR count). The molecule has 9 nitrogen and oxygen atoms in total. The van der Waals surface area contributed by atoms with Crippen LogP contribution in [0.25, 0.3) is 0 Å². The van der Waals surface area contributed by atoms with E-state index < -0.39 is 29.8 Å². The van der Waals surface area contributed by atoms with Gasteiger partial charge in [0.2, 0.25) is 13.4 Å². The van der Waals surface area contributed by atoms with Crippen LogP contribution in [0, 0.1) is 0 Å². The first-order chi connectivity index (χ1) is 7.59. The molecule has 1 saturated heterocycles. The minimum Gasteiger partial charge on any atom is -0.351 e. The molecule has 0 aromatic rings.